The van der Waals surface area contributed by atoms with Crippen molar-refractivity contribution in [3.05, 3.63) is 0 Å². The molecule has 0 saturated heterocycles. The van der Waals surface area contributed by atoms with Crippen molar-refractivity contribution in [1.29, 1.82) is 0 Å². The molecular formula is C30H58. The first kappa shape index (κ1) is 29.6. The molecular weight excluding hydrogens is 360 g/mol. The summed E-state index contributed by atoms with van der Waals surface area (Å²) in [5.74, 6) is 6.82. The average Bonchev–Trinajstić information content (AvgIpc) is 2.76. The largest absolute Gasteiger partial charge is 0.103 e. The Bertz CT molecular complexity index is 345. The van der Waals surface area contributed by atoms with Gasteiger partial charge in [-0.25, -0.2) is 0 Å². The van der Waals surface area contributed by atoms with Crippen molar-refractivity contribution in [2.45, 2.75) is 181 Å². The first-order valence-corrected chi connectivity index (χ1v) is 14.4. The van der Waals surface area contributed by atoms with Crippen molar-refractivity contribution in [3.63, 3.8) is 0 Å². The van der Waals surface area contributed by atoms with E-state index in [9.17, 15) is 0 Å². The molecule has 0 nitrogen and oxygen atoms in total. The summed E-state index contributed by atoms with van der Waals surface area (Å²) in [5, 5.41) is 0. The highest BCUT2D eigenvalue weighted by atomic mass is 14.0. The van der Waals surface area contributed by atoms with Crippen molar-refractivity contribution in [1.82, 2.24) is 0 Å². The van der Waals surface area contributed by atoms with Crippen LogP contribution in [0.15, 0.2) is 0 Å². The van der Waals surface area contributed by atoms with Gasteiger partial charge in [0.15, 0.2) is 0 Å². The minimum Gasteiger partial charge on any atom is -0.103 e. The predicted octanol–water partition coefficient (Wildman–Crippen LogP) is 11.2. The van der Waals surface area contributed by atoms with Gasteiger partial charge in [-0.05, 0) is 12.8 Å². The molecule has 0 heterocycles. The standard InChI is InChI=1S/C30H58/c1-3-5-7-9-11-13-15-17-19-21-23-25-27-29-30-28-26-24-22-20-18-16-14-12-10-8-6-4-2/h3-27,29H2,1-2H3. The van der Waals surface area contributed by atoms with Crippen LogP contribution < -0.4 is 0 Å². The Morgan fingerprint density at radius 3 is 0.700 bits per heavy atom. The van der Waals surface area contributed by atoms with Crippen molar-refractivity contribution in [2.24, 2.45) is 0 Å². The number of unbranched alkanes of at least 4 members (excludes halogenated alkanes) is 24. The van der Waals surface area contributed by atoms with E-state index in [2.05, 4.69) is 25.7 Å². The van der Waals surface area contributed by atoms with Gasteiger partial charge >= 0.3 is 0 Å². The maximum atomic E-state index is 3.41. The minimum atomic E-state index is 1.13. The molecule has 0 aromatic rings. The molecule has 0 aliphatic heterocycles. The van der Waals surface area contributed by atoms with Gasteiger partial charge in [0.2, 0.25) is 0 Å². The lowest BCUT2D eigenvalue weighted by Gasteiger charge is -2.02. The first-order valence-electron chi connectivity index (χ1n) is 14.4. The third kappa shape index (κ3) is 27.6. The fourth-order valence-corrected chi connectivity index (χ4v) is 4.29. The summed E-state index contributed by atoms with van der Waals surface area (Å²) in [6.45, 7) is 4.59. The van der Waals surface area contributed by atoms with Crippen LogP contribution in [0.5, 0.6) is 0 Å². The Morgan fingerprint density at radius 2 is 0.467 bits per heavy atom. The van der Waals surface area contributed by atoms with Crippen LogP contribution in [0.2, 0.25) is 0 Å². The molecule has 0 aromatic heterocycles. The molecule has 0 saturated carbocycles. The Morgan fingerprint density at radius 1 is 0.267 bits per heavy atom. The van der Waals surface area contributed by atoms with Crippen molar-refractivity contribution in [3.8, 4) is 11.8 Å². The normalized spacial score (nSPS) is 10.9. The molecule has 0 unspecified atom stereocenters. The Balaban J connectivity index is 3.09. The number of hydrogen-bond donors (Lipinski definition) is 0. The Kier molecular flexibility index (Phi) is 28.1. The monoisotopic (exact) mass is 418 g/mol. The maximum absolute atomic E-state index is 3.41. The summed E-state index contributed by atoms with van der Waals surface area (Å²) in [4.78, 5) is 0. The molecule has 0 heteroatoms. The van der Waals surface area contributed by atoms with E-state index >= 15 is 0 Å². The smallest absolute Gasteiger partial charge is 0.00886 e. The first-order chi connectivity index (χ1) is 14.9. The summed E-state index contributed by atoms with van der Waals surface area (Å²) in [5.41, 5.74) is 0. The lowest BCUT2D eigenvalue weighted by Crippen LogP contribution is -1.83. The fraction of sp³-hybridized carbons (Fsp3) is 0.933. The van der Waals surface area contributed by atoms with Gasteiger partial charge in [-0.2, -0.15) is 0 Å². The third-order valence-corrected chi connectivity index (χ3v) is 6.44. The van der Waals surface area contributed by atoms with Crippen LogP contribution in [0.4, 0.5) is 0 Å². The summed E-state index contributed by atoms with van der Waals surface area (Å²) in [6.07, 6.45) is 36.6. The fourth-order valence-electron chi connectivity index (χ4n) is 4.29. The highest BCUT2D eigenvalue weighted by molar-refractivity contribution is 4.98. The van der Waals surface area contributed by atoms with Crippen LogP contribution in [-0.2, 0) is 0 Å². The summed E-state index contributed by atoms with van der Waals surface area (Å²) < 4.78 is 0. The molecule has 0 amide bonds. The number of rotatable bonds is 24. The maximum Gasteiger partial charge on any atom is 0.00886 e. The number of hydrogen-bond acceptors (Lipinski definition) is 0. The second-order valence-corrected chi connectivity index (χ2v) is 9.63. The van der Waals surface area contributed by atoms with E-state index in [1.165, 1.54) is 154 Å². The zero-order valence-corrected chi connectivity index (χ0v) is 21.4. The average molecular weight is 419 g/mol. The van der Waals surface area contributed by atoms with E-state index in [0.717, 1.165) is 12.8 Å². The molecule has 0 spiro atoms. The zero-order chi connectivity index (χ0) is 21.8. The van der Waals surface area contributed by atoms with Crippen molar-refractivity contribution < 1.29 is 0 Å². The zero-order valence-electron chi connectivity index (χ0n) is 21.4. The van der Waals surface area contributed by atoms with E-state index in [4.69, 9.17) is 0 Å². The van der Waals surface area contributed by atoms with Crippen LogP contribution in [0.25, 0.3) is 0 Å². The van der Waals surface area contributed by atoms with E-state index in [-0.39, 0.29) is 0 Å². The molecule has 30 heavy (non-hydrogen) atoms. The second kappa shape index (κ2) is 28.6. The topological polar surface area (TPSA) is 0 Å². The van der Waals surface area contributed by atoms with Crippen molar-refractivity contribution >= 4 is 0 Å². The summed E-state index contributed by atoms with van der Waals surface area (Å²) >= 11 is 0. The predicted molar refractivity (Wildman–Crippen MR) is 139 cm³/mol. The quantitative estimate of drug-likeness (QED) is 0.108. The van der Waals surface area contributed by atoms with E-state index in [1.54, 1.807) is 0 Å². The van der Waals surface area contributed by atoms with Crippen LogP contribution in [0, 0.1) is 11.8 Å². The van der Waals surface area contributed by atoms with Crippen LogP contribution >= 0.6 is 0 Å². The van der Waals surface area contributed by atoms with E-state index in [1.807, 2.05) is 0 Å². The third-order valence-electron chi connectivity index (χ3n) is 6.44. The van der Waals surface area contributed by atoms with E-state index < -0.39 is 0 Å². The molecule has 0 aliphatic rings. The molecule has 178 valence electrons. The molecule has 0 N–H and O–H groups in total. The summed E-state index contributed by atoms with van der Waals surface area (Å²) in [6, 6.07) is 0. The Hall–Kier alpha value is -0.440. The van der Waals surface area contributed by atoms with Gasteiger partial charge < -0.3 is 0 Å². The SMILES string of the molecule is CCCCCCCCCCCCCC#CCCCCCCCCCCCCCCC. The molecule has 0 aliphatic carbocycles. The molecule has 0 aromatic carbocycles. The van der Waals surface area contributed by atoms with Gasteiger partial charge in [-0.3, -0.25) is 0 Å². The molecule has 0 rings (SSSR count). The van der Waals surface area contributed by atoms with Gasteiger partial charge in [0.1, 0.15) is 0 Å². The second-order valence-electron chi connectivity index (χ2n) is 9.63. The summed E-state index contributed by atoms with van der Waals surface area (Å²) in [7, 11) is 0. The highest BCUT2D eigenvalue weighted by Gasteiger charge is 1.94. The van der Waals surface area contributed by atoms with Crippen molar-refractivity contribution in [2.75, 3.05) is 0 Å². The molecule has 0 fully saturated rings. The van der Waals surface area contributed by atoms with Crippen LogP contribution in [0.1, 0.15) is 181 Å². The van der Waals surface area contributed by atoms with Gasteiger partial charge in [0.05, 0.1) is 0 Å². The highest BCUT2D eigenvalue weighted by Crippen LogP contribution is 2.13. The molecule has 0 bridgehead atoms. The van der Waals surface area contributed by atoms with Gasteiger partial charge in [-0.15, -0.1) is 11.8 Å². The van der Waals surface area contributed by atoms with Crippen LogP contribution in [0.3, 0.4) is 0 Å². The van der Waals surface area contributed by atoms with E-state index in [0.29, 0.717) is 0 Å². The lowest BCUT2D eigenvalue weighted by atomic mass is 10.0. The Labute approximate surface area is 192 Å². The van der Waals surface area contributed by atoms with Crippen LogP contribution in [-0.4, -0.2) is 0 Å². The minimum absolute atomic E-state index is 1.13. The van der Waals surface area contributed by atoms with Gasteiger partial charge in [-0.1, -0.05) is 155 Å². The van der Waals surface area contributed by atoms with Gasteiger partial charge in [0.25, 0.3) is 0 Å². The lowest BCUT2D eigenvalue weighted by molar-refractivity contribution is 0.540. The molecule has 0 radical (unpaired) electrons. The van der Waals surface area contributed by atoms with Gasteiger partial charge in [0, 0.05) is 12.8 Å². The molecule has 0 atom stereocenters.